The van der Waals surface area contributed by atoms with Gasteiger partial charge in [-0.2, -0.15) is 0 Å². The summed E-state index contributed by atoms with van der Waals surface area (Å²) in [5.74, 6) is -1.41. The fourth-order valence-electron chi connectivity index (χ4n) is 2.82. The van der Waals surface area contributed by atoms with Crippen molar-refractivity contribution in [3.05, 3.63) is 36.0 Å². The van der Waals surface area contributed by atoms with Gasteiger partial charge in [-0.05, 0) is 31.9 Å². The van der Waals surface area contributed by atoms with Crippen molar-refractivity contribution in [1.29, 1.82) is 0 Å². The molecule has 2 rings (SSSR count). The molecule has 9 heteroatoms. The molecule has 0 bridgehead atoms. The molecule has 5 atom stereocenters. The number of fused-ring (bicyclic) bond motifs is 1. The molecule has 7 N–H and O–H groups in total. The SMILES string of the molecule is C[C@@H](O)[C@H](NC(=O)[C@@H](N)Cc1c[nH]c2ccccc12)C(=O)N[C@H](C=O)[C@@H](C)O. The van der Waals surface area contributed by atoms with Crippen LogP contribution in [0.15, 0.2) is 30.5 Å². The van der Waals surface area contributed by atoms with Gasteiger partial charge >= 0.3 is 0 Å². The Hall–Kier alpha value is -2.75. The largest absolute Gasteiger partial charge is 0.391 e. The van der Waals surface area contributed by atoms with Gasteiger partial charge in [-0.15, -0.1) is 0 Å². The second-order valence-electron chi connectivity index (χ2n) is 6.81. The van der Waals surface area contributed by atoms with Gasteiger partial charge in [0.05, 0.1) is 18.2 Å². The van der Waals surface area contributed by atoms with E-state index in [1.807, 2.05) is 24.3 Å². The molecule has 2 amide bonds. The van der Waals surface area contributed by atoms with Gasteiger partial charge in [0.2, 0.25) is 11.8 Å². The monoisotopic (exact) mass is 390 g/mol. The number of para-hydroxylation sites is 1. The van der Waals surface area contributed by atoms with E-state index in [-0.39, 0.29) is 6.42 Å². The van der Waals surface area contributed by atoms with Crippen molar-refractivity contribution in [2.24, 2.45) is 5.73 Å². The van der Waals surface area contributed by atoms with E-state index in [0.29, 0.717) is 6.29 Å². The number of aromatic nitrogens is 1. The molecule has 0 radical (unpaired) electrons. The molecule has 0 saturated carbocycles. The van der Waals surface area contributed by atoms with Crippen LogP contribution in [0, 0.1) is 0 Å². The summed E-state index contributed by atoms with van der Waals surface area (Å²) in [6.45, 7) is 2.67. The molecule has 28 heavy (non-hydrogen) atoms. The molecule has 0 saturated heterocycles. The van der Waals surface area contributed by atoms with Crippen molar-refractivity contribution in [1.82, 2.24) is 15.6 Å². The maximum atomic E-state index is 12.5. The van der Waals surface area contributed by atoms with Crippen LogP contribution < -0.4 is 16.4 Å². The van der Waals surface area contributed by atoms with E-state index in [0.717, 1.165) is 16.5 Å². The maximum Gasteiger partial charge on any atom is 0.245 e. The lowest BCUT2D eigenvalue weighted by Gasteiger charge is -2.25. The smallest absolute Gasteiger partial charge is 0.245 e. The molecular formula is C19H26N4O5. The van der Waals surface area contributed by atoms with Gasteiger partial charge in [-0.25, -0.2) is 0 Å². The van der Waals surface area contributed by atoms with Gasteiger partial charge in [0, 0.05) is 17.1 Å². The van der Waals surface area contributed by atoms with Gasteiger partial charge in [0.15, 0.2) is 0 Å². The molecular weight excluding hydrogens is 364 g/mol. The van der Waals surface area contributed by atoms with Crippen molar-refractivity contribution >= 4 is 29.0 Å². The molecule has 1 aromatic carbocycles. The Morgan fingerprint density at radius 2 is 1.82 bits per heavy atom. The molecule has 1 aromatic heterocycles. The summed E-state index contributed by atoms with van der Waals surface area (Å²) in [5.41, 5.74) is 7.76. The molecule has 2 aromatic rings. The minimum atomic E-state index is -1.32. The number of carbonyl (C=O) groups excluding carboxylic acids is 3. The molecule has 9 nitrogen and oxygen atoms in total. The molecule has 1 heterocycles. The Morgan fingerprint density at radius 1 is 1.14 bits per heavy atom. The van der Waals surface area contributed by atoms with Crippen LogP contribution >= 0.6 is 0 Å². The summed E-state index contributed by atoms with van der Waals surface area (Å²) in [4.78, 5) is 38.8. The van der Waals surface area contributed by atoms with E-state index in [1.54, 1.807) is 6.20 Å². The second-order valence-corrected chi connectivity index (χ2v) is 6.81. The third-order valence-electron chi connectivity index (χ3n) is 4.49. The van der Waals surface area contributed by atoms with E-state index < -0.39 is 42.1 Å². The summed E-state index contributed by atoms with van der Waals surface area (Å²) in [6.07, 6.45) is 0.0379. The molecule has 0 aliphatic heterocycles. The van der Waals surface area contributed by atoms with Crippen LogP contribution in [0.4, 0.5) is 0 Å². The predicted molar refractivity (Wildman–Crippen MR) is 103 cm³/mol. The number of nitrogens with two attached hydrogens (primary N) is 1. The number of amides is 2. The van der Waals surface area contributed by atoms with Crippen LogP contribution in [0.25, 0.3) is 10.9 Å². The fourth-order valence-corrected chi connectivity index (χ4v) is 2.82. The Bertz CT molecular complexity index is 833. The molecule has 0 unspecified atom stereocenters. The number of benzene rings is 1. The Kier molecular flexibility index (Phi) is 7.27. The summed E-state index contributed by atoms with van der Waals surface area (Å²) in [7, 11) is 0. The van der Waals surface area contributed by atoms with Crippen molar-refractivity contribution in [3.63, 3.8) is 0 Å². The van der Waals surface area contributed by atoms with Crippen molar-refractivity contribution < 1.29 is 24.6 Å². The molecule has 0 spiro atoms. The normalized spacial score (nSPS) is 16.6. The van der Waals surface area contributed by atoms with Crippen LogP contribution in [0.5, 0.6) is 0 Å². The van der Waals surface area contributed by atoms with Gasteiger partial charge in [-0.3, -0.25) is 9.59 Å². The maximum absolute atomic E-state index is 12.5. The van der Waals surface area contributed by atoms with Crippen LogP contribution in [-0.2, 0) is 20.8 Å². The minimum Gasteiger partial charge on any atom is -0.391 e. The first kappa shape index (κ1) is 21.5. The zero-order chi connectivity index (χ0) is 20.8. The van der Waals surface area contributed by atoms with Crippen LogP contribution in [-0.4, -0.2) is 63.6 Å². The number of carbonyl (C=O) groups is 3. The second kappa shape index (κ2) is 9.45. The summed E-state index contributed by atoms with van der Waals surface area (Å²) in [6, 6.07) is 4.17. The number of hydrogen-bond acceptors (Lipinski definition) is 6. The van der Waals surface area contributed by atoms with E-state index >= 15 is 0 Å². The zero-order valence-electron chi connectivity index (χ0n) is 15.8. The quantitative estimate of drug-likeness (QED) is 0.300. The minimum absolute atomic E-state index is 0.231. The average Bonchev–Trinajstić information content (AvgIpc) is 3.06. The van der Waals surface area contributed by atoms with Crippen LogP contribution in [0.3, 0.4) is 0 Å². The first-order valence-corrected chi connectivity index (χ1v) is 8.97. The van der Waals surface area contributed by atoms with E-state index in [2.05, 4.69) is 15.6 Å². The number of aliphatic hydroxyl groups is 2. The number of hydrogen-bond donors (Lipinski definition) is 6. The summed E-state index contributed by atoms with van der Waals surface area (Å²) >= 11 is 0. The van der Waals surface area contributed by atoms with Crippen molar-refractivity contribution in [2.75, 3.05) is 0 Å². The van der Waals surface area contributed by atoms with Crippen molar-refractivity contribution in [3.8, 4) is 0 Å². The topological polar surface area (TPSA) is 158 Å². The van der Waals surface area contributed by atoms with E-state index in [4.69, 9.17) is 5.73 Å². The van der Waals surface area contributed by atoms with E-state index in [9.17, 15) is 24.6 Å². The number of aliphatic hydroxyl groups excluding tert-OH is 2. The molecule has 0 aliphatic rings. The van der Waals surface area contributed by atoms with Crippen LogP contribution in [0.2, 0.25) is 0 Å². The fraction of sp³-hybridized carbons (Fsp3) is 0.421. The average molecular weight is 390 g/mol. The zero-order valence-corrected chi connectivity index (χ0v) is 15.8. The third-order valence-corrected chi connectivity index (χ3v) is 4.49. The van der Waals surface area contributed by atoms with Gasteiger partial charge in [-0.1, -0.05) is 18.2 Å². The lowest BCUT2D eigenvalue weighted by Crippen LogP contribution is -2.58. The lowest BCUT2D eigenvalue weighted by molar-refractivity contribution is -0.133. The number of aldehydes is 1. The third kappa shape index (κ3) is 5.16. The summed E-state index contributed by atoms with van der Waals surface area (Å²) < 4.78 is 0. The highest BCUT2D eigenvalue weighted by atomic mass is 16.3. The number of nitrogens with one attached hydrogen (secondary N) is 3. The Balaban J connectivity index is 2.04. The number of rotatable bonds is 9. The Morgan fingerprint density at radius 3 is 2.43 bits per heavy atom. The first-order valence-electron chi connectivity index (χ1n) is 8.97. The highest BCUT2D eigenvalue weighted by molar-refractivity contribution is 5.92. The standard InChI is InChI=1S/C19H26N4O5/c1-10(25)16(9-24)22-19(28)17(11(2)26)23-18(27)14(20)7-12-8-21-15-6-4-3-5-13(12)15/h3-6,8-11,14,16-17,21,25-26H,7,20H2,1-2H3,(H,22,28)(H,23,27)/t10-,11-,14+,16-,17+/m1/s1. The number of H-pyrrole nitrogens is 1. The van der Waals surface area contributed by atoms with Gasteiger partial charge in [0.25, 0.3) is 0 Å². The van der Waals surface area contributed by atoms with Crippen molar-refractivity contribution in [2.45, 2.75) is 50.6 Å². The molecule has 0 aliphatic carbocycles. The van der Waals surface area contributed by atoms with Gasteiger partial charge < -0.3 is 36.4 Å². The van der Waals surface area contributed by atoms with Crippen LogP contribution in [0.1, 0.15) is 19.4 Å². The first-order chi connectivity index (χ1) is 13.2. The van der Waals surface area contributed by atoms with Gasteiger partial charge in [0.1, 0.15) is 18.4 Å². The lowest BCUT2D eigenvalue weighted by atomic mass is 10.0. The summed E-state index contributed by atoms with van der Waals surface area (Å²) in [5, 5.41) is 25.0. The highest BCUT2D eigenvalue weighted by Gasteiger charge is 2.30. The number of aromatic amines is 1. The molecule has 152 valence electrons. The highest BCUT2D eigenvalue weighted by Crippen LogP contribution is 2.18. The Labute approximate surface area is 162 Å². The van der Waals surface area contributed by atoms with E-state index in [1.165, 1.54) is 13.8 Å². The predicted octanol–water partition coefficient (Wildman–Crippen LogP) is -1.03. The molecule has 0 fully saturated rings.